The summed E-state index contributed by atoms with van der Waals surface area (Å²) < 4.78 is 0. The molecule has 5 nitrogen and oxygen atoms in total. The van der Waals surface area contributed by atoms with Gasteiger partial charge in [-0.1, -0.05) is 24.1 Å². The zero-order valence-electron chi connectivity index (χ0n) is 13.8. The van der Waals surface area contributed by atoms with Crippen molar-refractivity contribution in [2.24, 2.45) is 0 Å². The van der Waals surface area contributed by atoms with E-state index in [2.05, 4.69) is 5.32 Å². The molecule has 1 atom stereocenters. The molecule has 2 aliphatic rings. The van der Waals surface area contributed by atoms with Gasteiger partial charge in [0.05, 0.1) is 6.04 Å². The summed E-state index contributed by atoms with van der Waals surface area (Å²) in [6.45, 7) is 3.49. The number of carbonyl (C=O) groups is 2. The van der Waals surface area contributed by atoms with E-state index >= 15 is 0 Å². The molecule has 3 rings (SSSR count). The first-order chi connectivity index (χ1) is 11.6. The highest BCUT2D eigenvalue weighted by molar-refractivity contribution is 6.30. The van der Waals surface area contributed by atoms with Gasteiger partial charge in [0, 0.05) is 36.8 Å². The lowest BCUT2D eigenvalue weighted by atomic mass is 10.0. The third-order valence-corrected chi connectivity index (χ3v) is 5.01. The van der Waals surface area contributed by atoms with Gasteiger partial charge in [-0.25, -0.2) is 0 Å². The van der Waals surface area contributed by atoms with Crippen LogP contribution in [-0.2, 0) is 4.79 Å². The van der Waals surface area contributed by atoms with Crippen LogP contribution in [0.1, 0.15) is 36.0 Å². The molecule has 0 spiro atoms. The highest BCUT2D eigenvalue weighted by atomic mass is 35.5. The molecule has 2 amide bonds. The summed E-state index contributed by atoms with van der Waals surface area (Å²) in [6.07, 6.45) is 3.98. The van der Waals surface area contributed by atoms with Gasteiger partial charge in [0.2, 0.25) is 5.91 Å². The number of benzene rings is 1. The van der Waals surface area contributed by atoms with Gasteiger partial charge >= 0.3 is 0 Å². The standard InChI is InChI=1S/C18H24ClN3O2/c19-15-6-3-5-14(13-15)17(23)21-9-4-10-22(12-11-21)18(24)16-7-1-2-8-20-16/h3,5-6,13,16,20H,1-2,4,7-12H2. The minimum Gasteiger partial charge on any atom is -0.340 e. The number of hydrogen-bond donors (Lipinski definition) is 1. The Hall–Kier alpha value is -1.59. The third kappa shape index (κ3) is 4.08. The predicted octanol–water partition coefficient (Wildman–Crippen LogP) is 2.16. The molecule has 2 fully saturated rings. The SMILES string of the molecule is O=C(c1cccc(Cl)c1)N1CCCN(C(=O)C2CCCCN2)CC1. The zero-order valence-corrected chi connectivity index (χ0v) is 14.6. The lowest BCUT2D eigenvalue weighted by Gasteiger charge is -2.29. The molecule has 1 unspecified atom stereocenters. The van der Waals surface area contributed by atoms with Crippen molar-refractivity contribution >= 4 is 23.4 Å². The molecular formula is C18H24ClN3O2. The highest BCUT2D eigenvalue weighted by Gasteiger charge is 2.28. The Kier molecular flexibility index (Phi) is 5.74. The van der Waals surface area contributed by atoms with Crippen LogP contribution in [0.5, 0.6) is 0 Å². The zero-order chi connectivity index (χ0) is 16.9. The maximum absolute atomic E-state index is 12.6. The molecule has 0 aromatic heterocycles. The molecule has 2 heterocycles. The highest BCUT2D eigenvalue weighted by Crippen LogP contribution is 2.16. The Morgan fingerprint density at radius 2 is 1.83 bits per heavy atom. The Balaban J connectivity index is 1.60. The lowest BCUT2D eigenvalue weighted by molar-refractivity contribution is -0.133. The van der Waals surface area contributed by atoms with Gasteiger partial charge < -0.3 is 15.1 Å². The average molecular weight is 350 g/mol. The van der Waals surface area contributed by atoms with E-state index in [4.69, 9.17) is 11.6 Å². The molecule has 1 N–H and O–H groups in total. The quantitative estimate of drug-likeness (QED) is 0.890. The van der Waals surface area contributed by atoms with Gasteiger partial charge in [0.25, 0.3) is 5.91 Å². The summed E-state index contributed by atoms with van der Waals surface area (Å²) in [7, 11) is 0. The van der Waals surface area contributed by atoms with Crippen LogP contribution in [-0.4, -0.2) is 60.4 Å². The minimum atomic E-state index is -0.0473. The van der Waals surface area contributed by atoms with Gasteiger partial charge in [0.15, 0.2) is 0 Å². The summed E-state index contributed by atoms with van der Waals surface area (Å²) in [5, 5.41) is 3.88. The van der Waals surface area contributed by atoms with Crippen LogP contribution in [0.2, 0.25) is 5.02 Å². The van der Waals surface area contributed by atoms with Crippen LogP contribution in [0.15, 0.2) is 24.3 Å². The van der Waals surface area contributed by atoms with Crippen molar-refractivity contribution in [3.63, 3.8) is 0 Å². The first kappa shape index (κ1) is 17.2. The third-order valence-electron chi connectivity index (χ3n) is 4.77. The summed E-state index contributed by atoms with van der Waals surface area (Å²) in [5.41, 5.74) is 0.608. The Morgan fingerprint density at radius 3 is 2.58 bits per heavy atom. The maximum atomic E-state index is 12.6. The van der Waals surface area contributed by atoms with E-state index in [0.717, 1.165) is 38.8 Å². The number of nitrogens with one attached hydrogen (secondary N) is 1. The van der Waals surface area contributed by atoms with E-state index in [-0.39, 0.29) is 17.9 Å². The summed E-state index contributed by atoms with van der Waals surface area (Å²) in [6, 6.07) is 6.99. The Morgan fingerprint density at radius 1 is 1.04 bits per heavy atom. The molecule has 24 heavy (non-hydrogen) atoms. The summed E-state index contributed by atoms with van der Waals surface area (Å²) >= 11 is 5.98. The number of carbonyl (C=O) groups excluding carboxylic acids is 2. The fourth-order valence-electron chi connectivity index (χ4n) is 3.43. The Bertz CT molecular complexity index is 602. The fraction of sp³-hybridized carbons (Fsp3) is 0.556. The van der Waals surface area contributed by atoms with Crippen molar-refractivity contribution in [2.75, 3.05) is 32.7 Å². The van der Waals surface area contributed by atoms with E-state index in [1.54, 1.807) is 24.3 Å². The van der Waals surface area contributed by atoms with Crippen LogP contribution in [0.3, 0.4) is 0 Å². The van der Waals surface area contributed by atoms with Crippen LogP contribution in [0.25, 0.3) is 0 Å². The maximum Gasteiger partial charge on any atom is 0.253 e. The molecule has 6 heteroatoms. The second-order valence-corrected chi connectivity index (χ2v) is 6.92. The number of nitrogens with zero attached hydrogens (tertiary/aromatic N) is 2. The van der Waals surface area contributed by atoms with Gasteiger partial charge in [-0.15, -0.1) is 0 Å². The van der Waals surface area contributed by atoms with E-state index in [1.807, 2.05) is 9.80 Å². The second kappa shape index (κ2) is 7.99. The molecule has 0 aliphatic carbocycles. The van der Waals surface area contributed by atoms with Gasteiger partial charge in [-0.05, 0) is 44.0 Å². The van der Waals surface area contributed by atoms with Crippen molar-refractivity contribution in [1.82, 2.24) is 15.1 Å². The van der Waals surface area contributed by atoms with Crippen molar-refractivity contribution in [1.29, 1.82) is 0 Å². The molecule has 2 saturated heterocycles. The smallest absolute Gasteiger partial charge is 0.253 e. The topological polar surface area (TPSA) is 52.7 Å². The monoisotopic (exact) mass is 349 g/mol. The Labute approximate surface area is 147 Å². The number of hydrogen-bond acceptors (Lipinski definition) is 3. The molecular weight excluding hydrogens is 326 g/mol. The second-order valence-electron chi connectivity index (χ2n) is 6.48. The number of halogens is 1. The van der Waals surface area contributed by atoms with Crippen molar-refractivity contribution in [2.45, 2.75) is 31.7 Å². The fourth-order valence-corrected chi connectivity index (χ4v) is 3.62. The van der Waals surface area contributed by atoms with Crippen LogP contribution in [0, 0.1) is 0 Å². The van der Waals surface area contributed by atoms with E-state index in [1.165, 1.54) is 0 Å². The molecule has 0 saturated carbocycles. The van der Waals surface area contributed by atoms with Crippen LogP contribution < -0.4 is 5.32 Å². The molecule has 1 aromatic rings. The van der Waals surface area contributed by atoms with Crippen molar-refractivity contribution in [3.05, 3.63) is 34.9 Å². The van der Waals surface area contributed by atoms with Gasteiger partial charge in [-0.2, -0.15) is 0 Å². The van der Waals surface area contributed by atoms with Gasteiger partial charge in [0.1, 0.15) is 0 Å². The summed E-state index contributed by atoms with van der Waals surface area (Å²) in [5.74, 6) is 0.175. The number of amides is 2. The van der Waals surface area contributed by atoms with Crippen LogP contribution in [0.4, 0.5) is 0 Å². The minimum absolute atomic E-state index is 0.0115. The van der Waals surface area contributed by atoms with E-state index in [9.17, 15) is 9.59 Å². The largest absolute Gasteiger partial charge is 0.340 e. The molecule has 0 bridgehead atoms. The van der Waals surface area contributed by atoms with Crippen LogP contribution >= 0.6 is 11.6 Å². The number of rotatable bonds is 2. The molecule has 130 valence electrons. The van der Waals surface area contributed by atoms with E-state index < -0.39 is 0 Å². The molecule has 1 aromatic carbocycles. The predicted molar refractivity (Wildman–Crippen MR) is 94.2 cm³/mol. The normalized spacial score (nSPS) is 22.1. The van der Waals surface area contributed by atoms with Crippen molar-refractivity contribution < 1.29 is 9.59 Å². The van der Waals surface area contributed by atoms with E-state index in [0.29, 0.717) is 30.2 Å². The lowest BCUT2D eigenvalue weighted by Crippen LogP contribution is -2.49. The first-order valence-electron chi connectivity index (χ1n) is 8.72. The average Bonchev–Trinajstić information content (AvgIpc) is 2.87. The summed E-state index contributed by atoms with van der Waals surface area (Å²) in [4.78, 5) is 29.0. The van der Waals surface area contributed by atoms with Gasteiger partial charge in [-0.3, -0.25) is 9.59 Å². The molecule has 0 radical (unpaired) electrons. The number of piperidine rings is 1. The van der Waals surface area contributed by atoms with Crippen molar-refractivity contribution in [3.8, 4) is 0 Å². The first-order valence-corrected chi connectivity index (χ1v) is 9.10. The molecule has 2 aliphatic heterocycles.